The fourth-order valence-corrected chi connectivity index (χ4v) is 2.94. The van der Waals surface area contributed by atoms with Crippen LogP contribution in [0.4, 0.5) is 4.79 Å². The molecule has 3 saturated heterocycles. The van der Waals surface area contributed by atoms with E-state index < -0.39 is 49.5 Å². The van der Waals surface area contributed by atoms with E-state index in [0.29, 0.717) is 6.67 Å². The van der Waals surface area contributed by atoms with Crippen LogP contribution >= 0.6 is 0 Å². The summed E-state index contributed by atoms with van der Waals surface area (Å²) in [6.45, 7) is -0.0604. The molecule has 0 aromatic carbocycles. The summed E-state index contributed by atoms with van der Waals surface area (Å²) in [5, 5.41) is 37.3. The molecule has 3 rings (SSSR count). The minimum atomic E-state index is -1.17. The molecule has 0 aromatic heterocycles. The molecule has 3 heterocycles. The second-order valence-electron chi connectivity index (χ2n) is 5.22. The highest BCUT2D eigenvalue weighted by atomic mass is 16.6. The van der Waals surface area contributed by atoms with Gasteiger partial charge >= 0.3 is 6.03 Å². The molecule has 10 nitrogen and oxygen atoms in total. The average molecular weight is 289 g/mol. The summed E-state index contributed by atoms with van der Waals surface area (Å²) in [6.07, 6.45) is -5.03. The van der Waals surface area contributed by atoms with Crippen molar-refractivity contribution in [3.8, 4) is 0 Å². The summed E-state index contributed by atoms with van der Waals surface area (Å²) >= 11 is 0. The number of nitrogens with zero attached hydrogens (tertiary/aromatic N) is 1. The normalized spacial score (nSPS) is 48.8. The maximum Gasteiger partial charge on any atom is 0.317 e. The van der Waals surface area contributed by atoms with E-state index in [1.807, 2.05) is 0 Å². The smallest absolute Gasteiger partial charge is 0.317 e. The monoisotopic (exact) mass is 289 g/mol. The largest absolute Gasteiger partial charge is 0.394 e. The van der Waals surface area contributed by atoms with E-state index in [-0.39, 0.29) is 6.04 Å². The minimum Gasteiger partial charge on any atom is -0.394 e. The third-order valence-electron chi connectivity index (χ3n) is 4.01. The van der Waals surface area contributed by atoms with Crippen LogP contribution < -0.4 is 21.7 Å². The number of hydrogen-bond donors (Lipinski definition) is 7. The topological polar surface area (TPSA) is 152 Å². The van der Waals surface area contributed by atoms with Crippen LogP contribution in [0.3, 0.4) is 0 Å². The molecule has 3 aliphatic heterocycles. The lowest BCUT2D eigenvalue weighted by atomic mass is 10.1. The van der Waals surface area contributed by atoms with Crippen molar-refractivity contribution < 1.29 is 24.9 Å². The van der Waals surface area contributed by atoms with Crippen LogP contribution in [-0.4, -0.2) is 82.4 Å². The van der Waals surface area contributed by atoms with Crippen LogP contribution in [0.15, 0.2) is 0 Å². The van der Waals surface area contributed by atoms with Crippen LogP contribution in [-0.2, 0) is 4.74 Å². The zero-order valence-corrected chi connectivity index (χ0v) is 10.6. The molecular weight excluding hydrogens is 270 g/mol. The lowest BCUT2D eigenvalue weighted by Gasteiger charge is -2.38. The summed E-state index contributed by atoms with van der Waals surface area (Å²) in [5.41, 5.74) is 5.83. The van der Waals surface area contributed by atoms with Crippen molar-refractivity contribution in [2.45, 2.75) is 42.9 Å². The first-order chi connectivity index (χ1) is 9.52. The van der Waals surface area contributed by atoms with Gasteiger partial charge in [0.2, 0.25) is 0 Å². The Morgan fingerprint density at radius 3 is 2.75 bits per heavy atom. The highest BCUT2D eigenvalue weighted by molar-refractivity contribution is 5.75. The lowest BCUT2D eigenvalue weighted by molar-refractivity contribution is -0.107. The SMILES string of the molecule is NC1NC(=O)NC2C1NCN2C1OC(CO)C(O)C1O. The molecule has 7 unspecified atom stereocenters. The summed E-state index contributed by atoms with van der Waals surface area (Å²) in [6, 6.07) is -0.645. The molecule has 3 fully saturated rings. The van der Waals surface area contributed by atoms with Gasteiger partial charge in [-0.1, -0.05) is 0 Å². The molecule has 8 N–H and O–H groups in total. The summed E-state index contributed by atoms with van der Waals surface area (Å²) in [4.78, 5) is 13.2. The molecule has 0 saturated carbocycles. The van der Waals surface area contributed by atoms with Gasteiger partial charge in [0.05, 0.1) is 25.5 Å². The van der Waals surface area contributed by atoms with Gasteiger partial charge in [0.1, 0.15) is 30.7 Å². The Morgan fingerprint density at radius 1 is 1.35 bits per heavy atom. The zero-order chi connectivity index (χ0) is 14.4. The molecule has 114 valence electrons. The highest BCUT2D eigenvalue weighted by Crippen LogP contribution is 2.28. The molecule has 0 aliphatic carbocycles. The number of aliphatic hydroxyl groups excluding tert-OH is 3. The molecule has 0 aromatic rings. The van der Waals surface area contributed by atoms with E-state index in [9.17, 15) is 15.0 Å². The van der Waals surface area contributed by atoms with Gasteiger partial charge in [0, 0.05) is 0 Å². The number of amides is 2. The number of fused-ring (bicyclic) bond motifs is 1. The minimum absolute atomic E-state index is 0.242. The van der Waals surface area contributed by atoms with Crippen molar-refractivity contribution >= 4 is 6.03 Å². The standard InChI is InChI=1S/C10H19N5O5/c11-7-4-8(14-10(19)13-7)15(2-12-4)9-6(18)5(17)3(1-16)20-9/h3-9,12,16-18H,1-2,11H2,(H2,13,14,19). The highest BCUT2D eigenvalue weighted by Gasteiger charge is 2.52. The van der Waals surface area contributed by atoms with Crippen LogP contribution in [0.1, 0.15) is 0 Å². The number of urea groups is 1. The number of aliphatic hydroxyl groups is 3. The van der Waals surface area contributed by atoms with Gasteiger partial charge in [0.15, 0.2) is 0 Å². The molecule has 7 atom stereocenters. The molecule has 2 amide bonds. The maximum absolute atomic E-state index is 11.5. The van der Waals surface area contributed by atoms with Crippen molar-refractivity contribution in [3.63, 3.8) is 0 Å². The summed E-state index contributed by atoms with van der Waals surface area (Å²) in [7, 11) is 0. The first-order valence-electron chi connectivity index (χ1n) is 6.47. The van der Waals surface area contributed by atoms with Crippen molar-refractivity contribution in [3.05, 3.63) is 0 Å². The van der Waals surface area contributed by atoms with Gasteiger partial charge in [-0.15, -0.1) is 0 Å². The van der Waals surface area contributed by atoms with E-state index >= 15 is 0 Å². The Kier molecular flexibility index (Phi) is 3.54. The third kappa shape index (κ3) is 2.05. The number of nitrogens with one attached hydrogen (secondary N) is 3. The molecule has 0 spiro atoms. The quantitative estimate of drug-likeness (QED) is 0.269. The number of rotatable bonds is 2. The number of carbonyl (C=O) groups is 1. The van der Waals surface area contributed by atoms with Crippen LogP contribution in [0.25, 0.3) is 0 Å². The predicted molar refractivity (Wildman–Crippen MR) is 64.8 cm³/mol. The fourth-order valence-electron chi connectivity index (χ4n) is 2.94. The summed E-state index contributed by atoms with van der Waals surface area (Å²) < 4.78 is 5.46. The van der Waals surface area contributed by atoms with Gasteiger partial charge in [-0.3, -0.25) is 5.32 Å². The Morgan fingerprint density at radius 2 is 2.10 bits per heavy atom. The predicted octanol–water partition coefficient (Wildman–Crippen LogP) is -4.42. The van der Waals surface area contributed by atoms with E-state index in [2.05, 4.69) is 16.0 Å². The number of ether oxygens (including phenoxy) is 1. The van der Waals surface area contributed by atoms with Crippen molar-refractivity contribution in [2.24, 2.45) is 5.73 Å². The third-order valence-corrected chi connectivity index (χ3v) is 4.01. The van der Waals surface area contributed by atoms with Gasteiger partial charge in [-0.2, -0.15) is 0 Å². The van der Waals surface area contributed by atoms with Crippen molar-refractivity contribution in [1.29, 1.82) is 0 Å². The summed E-state index contributed by atoms with van der Waals surface area (Å²) in [5.74, 6) is 0. The van der Waals surface area contributed by atoms with E-state index in [4.69, 9.17) is 15.6 Å². The van der Waals surface area contributed by atoms with Gasteiger partial charge in [0.25, 0.3) is 0 Å². The maximum atomic E-state index is 11.5. The van der Waals surface area contributed by atoms with Crippen molar-refractivity contribution in [1.82, 2.24) is 20.9 Å². The van der Waals surface area contributed by atoms with E-state index in [1.165, 1.54) is 0 Å². The Labute approximate surface area is 114 Å². The lowest BCUT2D eigenvalue weighted by Crippen LogP contribution is -2.70. The Hall–Kier alpha value is -1.01. The first-order valence-corrected chi connectivity index (χ1v) is 6.47. The molecule has 0 bridgehead atoms. The molecule has 0 radical (unpaired) electrons. The van der Waals surface area contributed by atoms with E-state index in [0.717, 1.165) is 0 Å². The Bertz CT molecular complexity index is 398. The van der Waals surface area contributed by atoms with Gasteiger partial charge < -0.3 is 36.4 Å². The van der Waals surface area contributed by atoms with Crippen molar-refractivity contribution in [2.75, 3.05) is 13.3 Å². The molecule has 3 aliphatic rings. The zero-order valence-electron chi connectivity index (χ0n) is 10.6. The molecule has 10 heteroatoms. The molecular formula is C10H19N5O5. The second-order valence-corrected chi connectivity index (χ2v) is 5.22. The van der Waals surface area contributed by atoms with Crippen LogP contribution in [0.2, 0.25) is 0 Å². The first kappa shape index (κ1) is 13.9. The average Bonchev–Trinajstić information content (AvgIpc) is 2.93. The van der Waals surface area contributed by atoms with Gasteiger partial charge in [-0.25, -0.2) is 9.69 Å². The number of nitrogens with two attached hydrogens (primary N) is 1. The van der Waals surface area contributed by atoms with E-state index in [1.54, 1.807) is 4.90 Å². The van der Waals surface area contributed by atoms with Gasteiger partial charge in [-0.05, 0) is 0 Å². The Balaban J connectivity index is 1.76. The second kappa shape index (κ2) is 5.07. The number of hydrogen-bond acceptors (Lipinski definition) is 8. The fraction of sp³-hybridized carbons (Fsp3) is 0.900. The van der Waals surface area contributed by atoms with Crippen LogP contribution in [0.5, 0.6) is 0 Å². The molecule has 20 heavy (non-hydrogen) atoms. The van der Waals surface area contributed by atoms with Crippen LogP contribution in [0, 0.1) is 0 Å². The number of carbonyl (C=O) groups excluding carboxylic acids is 1.